The molecule has 0 spiro atoms. The van der Waals surface area contributed by atoms with Crippen LogP contribution in [0.3, 0.4) is 0 Å². The zero-order chi connectivity index (χ0) is 20.8. The van der Waals surface area contributed by atoms with Gasteiger partial charge in [-0.3, -0.25) is 9.98 Å². The molecule has 150 valence electrons. The number of nitrogens with zero attached hydrogens (tertiary/aromatic N) is 4. The summed E-state index contributed by atoms with van der Waals surface area (Å²) in [5, 5.41) is 6.85. The lowest BCUT2D eigenvalue weighted by molar-refractivity contribution is 0.404. The molecule has 0 N–H and O–H groups in total. The van der Waals surface area contributed by atoms with Crippen LogP contribution in [-0.2, 0) is 0 Å². The van der Waals surface area contributed by atoms with Gasteiger partial charge in [-0.25, -0.2) is 4.68 Å². The van der Waals surface area contributed by atoms with Crippen molar-refractivity contribution < 1.29 is 9.47 Å². The molecule has 0 unspecified atom stereocenters. The second-order valence-corrected chi connectivity index (χ2v) is 7.29. The average Bonchev–Trinajstić information content (AvgIpc) is 3.14. The number of pyridine rings is 1. The Labute approximate surface area is 174 Å². The van der Waals surface area contributed by atoms with Crippen LogP contribution in [0.1, 0.15) is 19.5 Å². The molecule has 0 aliphatic heterocycles. The van der Waals surface area contributed by atoms with Gasteiger partial charge >= 0.3 is 0 Å². The van der Waals surface area contributed by atoms with E-state index in [-0.39, 0.29) is 0 Å². The monoisotopic (exact) mass is 408 g/mol. The molecule has 29 heavy (non-hydrogen) atoms. The van der Waals surface area contributed by atoms with Crippen molar-refractivity contribution in [2.45, 2.75) is 13.8 Å². The van der Waals surface area contributed by atoms with Crippen molar-refractivity contribution in [3.05, 3.63) is 70.6 Å². The maximum absolute atomic E-state index is 5.58. The van der Waals surface area contributed by atoms with Gasteiger partial charge in [0.15, 0.2) is 0 Å². The number of aromatic nitrogens is 2. The largest absolute Gasteiger partial charge is 0.497 e. The molecule has 0 amide bonds. The number of benzene rings is 1. The fourth-order valence-electron chi connectivity index (χ4n) is 2.68. The van der Waals surface area contributed by atoms with Gasteiger partial charge in [0.25, 0.3) is 0 Å². The molecule has 3 rings (SSSR count). The van der Waals surface area contributed by atoms with E-state index < -0.39 is 0 Å². The van der Waals surface area contributed by atoms with E-state index in [0.29, 0.717) is 6.54 Å². The highest BCUT2D eigenvalue weighted by Gasteiger charge is 2.15. The van der Waals surface area contributed by atoms with Crippen molar-refractivity contribution in [2.24, 2.45) is 10.1 Å². The van der Waals surface area contributed by atoms with Crippen LogP contribution in [0.25, 0.3) is 11.3 Å². The van der Waals surface area contributed by atoms with Gasteiger partial charge in [0.2, 0.25) is 4.80 Å². The molecule has 0 radical (unpaired) electrons. The number of thiazole rings is 1. The first-order chi connectivity index (χ1) is 14.0. The van der Waals surface area contributed by atoms with E-state index in [2.05, 4.69) is 16.6 Å². The van der Waals surface area contributed by atoms with Crippen molar-refractivity contribution in [1.29, 1.82) is 0 Å². The zero-order valence-corrected chi connectivity index (χ0v) is 17.9. The van der Waals surface area contributed by atoms with Gasteiger partial charge in [-0.15, -0.1) is 11.3 Å². The second kappa shape index (κ2) is 9.34. The minimum atomic E-state index is 0.535. The zero-order valence-electron chi connectivity index (χ0n) is 17.0. The molecular formula is C22H24N4O2S. The Morgan fingerprint density at radius 3 is 2.66 bits per heavy atom. The normalized spacial score (nSPS) is 12.1. The van der Waals surface area contributed by atoms with Crippen LogP contribution in [-0.4, -0.2) is 36.1 Å². The van der Waals surface area contributed by atoms with Gasteiger partial charge in [0.1, 0.15) is 11.5 Å². The molecule has 2 aromatic heterocycles. The Morgan fingerprint density at radius 2 is 2.00 bits per heavy atom. The topological polar surface area (TPSA) is 61.0 Å². The number of ether oxygens (including phenoxy) is 2. The molecule has 0 saturated heterocycles. The molecular weight excluding hydrogens is 384 g/mol. The van der Waals surface area contributed by atoms with Crippen molar-refractivity contribution in [3.8, 4) is 22.8 Å². The van der Waals surface area contributed by atoms with E-state index in [9.17, 15) is 0 Å². The molecule has 0 aliphatic rings. The summed E-state index contributed by atoms with van der Waals surface area (Å²) in [5.41, 5.74) is 4.30. The summed E-state index contributed by atoms with van der Waals surface area (Å²) in [6.07, 6.45) is 1.75. The maximum Gasteiger partial charge on any atom is 0.206 e. The fourth-order valence-corrected chi connectivity index (χ4v) is 3.51. The highest BCUT2D eigenvalue weighted by Crippen LogP contribution is 2.33. The first-order valence-electron chi connectivity index (χ1n) is 9.08. The third-order valence-electron chi connectivity index (χ3n) is 4.14. The standard InChI is InChI=1S/C22H24N4O2S/c1-15(2)13-24-22-26(25-16(3)19-8-6-7-11-23-19)20(14-29-22)18-12-17(27-4)9-10-21(18)28-5/h6-12,14H,1,13H2,2-5H3/b24-22?,25-16-. The van der Waals surface area contributed by atoms with Gasteiger partial charge in [0.05, 0.1) is 37.9 Å². The average molecular weight is 409 g/mol. The Morgan fingerprint density at radius 1 is 1.17 bits per heavy atom. The van der Waals surface area contributed by atoms with Crippen LogP contribution in [0.15, 0.2) is 70.2 Å². The van der Waals surface area contributed by atoms with E-state index in [1.54, 1.807) is 20.4 Å². The maximum atomic E-state index is 5.58. The van der Waals surface area contributed by atoms with E-state index >= 15 is 0 Å². The molecule has 3 aromatic rings. The predicted molar refractivity (Wildman–Crippen MR) is 118 cm³/mol. The lowest BCUT2D eigenvalue weighted by Gasteiger charge is -2.11. The molecule has 0 fully saturated rings. The van der Waals surface area contributed by atoms with Gasteiger partial charge < -0.3 is 9.47 Å². The summed E-state index contributed by atoms with van der Waals surface area (Å²) in [6, 6.07) is 11.4. The van der Waals surface area contributed by atoms with Crippen molar-refractivity contribution in [1.82, 2.24) is 9.66 Å². The van der Waals surface area contributed by atoms with Gasteiger partial charge in [-0.05, 0) is 44.2 Å². The molecule has 0 atom stereocenters. The van der Waals surface area contributed by atoms with Crippen LogP contribution in [0, 0.1) is 0 Å². The predicted octanol–water partition coefficient (Wildman–Crippen LogP) is 4.38. The highest BCUT2D eigenvalue weighted by molar-refractivity contribution is 7.07. The van der Waals surface area contributed by atoms with E-state index in [1.807, 2.05) is 60.3 Å². The molecule has 1 aromatic carbocycles. The first kappa shape index (κ1) is 20.5. The number of rotatable bonds is 7. The van der Waals surface area contributed by atoms with Crippen molar-refractivity contribution in [2.75, 3.05) is 20.8 Å². The lowest BCUT2D eigenvalue weighted by atomic mass is 10.1. The SMILES string of the molecule is C=C(C)CN=c1scc(-c2cc(OC)ccc2OC)n1/N=C(/C)c1ccccn1. The Hall–Kier alpha value is -3.19. The van der Waals surface area contributed by atoms with E-state index in [0.717, 1.165) is 44.5 Å². The third-order valence-corrected chi connectivity index (χ3v) is 4.99. The molecule has 0 saturated carbocycles. The fraction of sp³-hybridized carbons (Fsp3) is 0.227. The van der Waals surface area contributed by atoms with Gasteiger partial charge in [-0.2, -0.15) is 5.10 Å². The highest BCUT2D eigenvalue weighted by atomic mass is 32.1. The quantitative estimate of drug-likeness (QED) is 0.431. The lowest BCUT2D eigenvalue weighted by Crippen LogP contribution is -2.15. The second-order valence-electron chi connectivity index (χ2n) is 6.46. The summed E-state index contributed by atoms with van der Waals surface area (Å²) in [6.45, 7) is 8.36. The van der Waals surface area contributed by atoms with Crippen LogP contribution in [0.5, 0.6) is 11.5 Å². The Kier molecular flexibility index (Phi) is 6.61. The van der Waals surface area contributed by atoms with Crippen molar-refractivity contribution in [3.63, 3.8) is 0 Å². The van der Waals surface area contributed by atoms with Crippen LogP contribution in [0.2, 0.25) is 0 Å². The van der Waals surface area contributed by atoms with E-state index in [1.165, 1.54) is 11.3 Å². The number of hydrogen-bond acceptors (Lipinski definition) is 6. The van der Waals surface area contributed by atoms with Gasteiger partial charge in [0, 0.05) is 17.1 Å². The van der Waals surface area contributed by atoms with Crippen LogP contribution < -0.4 is 14.3 Å². The minimum absolute atomic E-state index is 0.535. The number of methoxy groups -OCH3 is 2. The molecule has 0 aliphatic carbocycles. The molecule has 0 bridgehead atoms. The smallest absolute Gasteiger partial charge is 0.206 e. The first-order valence-corrected chi connectivity index (χ1v) is 9.96. The molecule has 7 heteroatoms. The summed E-state index contributed by atoms with van der Waals surface area (Å²) in [5.74, 6) is 1.47. The summed E-state index contributed by atoms with van der Waals surface area (Å²) < 4.78 is 12.8. The van der Waals surface area contributed by atoms with Crippen molar-refractivity contribution >= 4 is 17.0 Å². The van der Waals surface area contributed by atoms with Crippen LogP contribution >= 0.6 is 11.3 Å². The number of hydrogen-bond donors (Lipinski definition) is 0. The summed E-state index contributed by atoms with van der Waals surface area (Å²) >= 11 is 1.51. The summed E-state index contributed by atoms with van der Waals surface area (Å²) in [7, 11) is 3.29. The summed E-state index contributed by atoms with van der Waals surface area (Å²) in [4.78, 5) is 9.84. The van der Waals surface area contributed by atoms with E-state index in [4.69, 9.17) is 14.6 Å². The molecule has 2 heterocycles. The minimum Gasteiger partial charge on any atom is -0.497 e. The Bertz CT molecular complexity index is 1100. The van der Waals surface area contributed by atoms with Gasteiger partial charge in [-0.1, -0.05) is 18.2 Å². The Balaban J connectivity index is 2.22. The third kappa shape index (κ3) is 4.81. The molecule has 6 nitrogen and oxygen atoms in total. The van der Waals surface area contributed by atoms with Crippen LogP contribution in [0.4, 0.5) is 0 Å².